The van der Waals surface area contributed by atoms with Crippen molar-refractivity contribution in [1.82, 2.24) is 9.62 Å². The second-order valence-corrected chi connectivity index (χ2v) is 10.9. The van der Waals surface area contributed by atoms with E-state index >= 15 is 0 Å². The monoisotopic (exact) mass is 556 g/mol. The Morgan fingerprint density at radius 2 is 2.00 bits per heavy atom. The lowest BCUT2D eigenvalue weighted by molar-refractivity contribution is -0.0907. The van der Waals surface area contributed by atoms with E-state index in [1.54, 1.807) is 30.3 Å². The van der Waals surface area contributed by atoms with Crippen molar-refractivity contribution in [2.24, 2.45) is 11.8 Å². The zero-order valence-electron chi connectivity index (χ0n) is 29.4. The number of nitrogens with two attached hydrogens (primary N) is 1. The molecule has 2 aromatic rings. The third kappa shape index (κ3) is 7.03. The number of sulfonamides is 1. The van der Waals surface area contributed by atoms with E-state index in [-0.39, 0.29) is 28.9 Å². The van der Waals surface area contributed by atoms with Gasteiger partial charge in [-0.25, -0.2) is 13.2 Å². The van der Waals surface area contributed by atoms with Gasteiger partial charge < -0.3 is 30.4 Å². The van der Waals surface area contributed by atoms with E-state index in [2.05, 4.69) is 5.32 Å². The maximum Gasteiger partial charge on any atom is 0.407 e. The van der Waals surface area contributed by atoms with Crippen molar-refractivity contribution in [3.05, 3.63) is 60.2 Å². The normalized spacial score (nSPS) is 27.6. The molecule has 4 rings (SSSR count). The minimum Gasteiger partial charge on any atom is -0.443 e. The Morgan fingerprint density at radius 3 is 2.71 bits per heavy atom. The molecule has 2 fully saturated rings. The summed E-state index contributed by atoms with van der Waals surface area (Å²) in [4.78, 5) is 12.5. The first-order chi connectivity index (χ1) is 21.7. The number of anilines is 1. The van der Waals surface area contributed by atoms with E-state index in [9.17, 15) is 18.3 Å². The van der Waals surface area contributed by atoms with Gasteiger partial charge in [0, 0.05) is 31.1 Å². The van der Waals surface area contributed by atoms with Crippen LogP contribution >= 0.6 is 0 Å². The Kier molecular flexibility index (Phi) is 6.08. The van der Waals surface area contributed by atoms with Crippen molar-refractivity contribution in [2.75, 3.05) is 32.0 Å². The maximum absolute atomic E-state index is 14.0. The number of hydrogen-bond acceptors (Lipinski definition) is 8. The Hall–Kier alpha value is -2.70. The van der Waals surface area contributed by atoms with E-state index in [0.717, 1.165) is 12.1 Å². The summed E-state index contributed by atoms with van der Waals surface area (Å²) < 4.78 is 117. The van der Waals surface area contributed by atoms with Crippen LogP contribution in [0.3, 0.4) is 0 Å². The number of aliphatic hydroxyl groups is 1. The lowest BCUT2D eigenvalue weighted by Gasteiger charge is -2.31. The molecule has 2 aromatic carbocycles. The number of nitrogens with zero attached hydrogens (tertiary/aromatic N) is 1. The Labute approximate surface area is 236 Å². The molecule has 2 aliphatic rings. The van der Waals surface area contributed by atoms with Gasteiger partial charge >= 0.3 is 6.09 Å². The van der Waals surface area contributed by atoms with Crippen LogP contribution in [-0.2, 0) is 30.7 Å². The largest absolute Gasteiger partial charge is 0.443 e. The van der Waals surface area contributed by atoms with Gasteiger partial charge in [0.25, 0.3) is 0 Å². The zero-order chi connectivity index (χ0) is 35.0. The Bertz CT molecular complexity index is 1480. The summed E-state index contributed by atoms with van der Waals surface area (Å²) in [5.74, 6) is -4.27. The number of amides is 1. The molecular weight excluding hydrogens is 510 g/mol. The van der Waals surface area contributed by atoms with Crippen LogP contribution in [0.2, 0.25) is 0 Å². The number of alkyl carbamates (subject to hydrolysis) is 1. The zero-order valence-corrected chi connectivity index (χ0v) is 21.3. The summed E-state index contributed by atoms with van der Waals surface area (Å²) in [6.45, 7) is -12.6. The fourth-order valence-corrected chi connectivity index (χ4v) is 5.71. The molecule has 10 nitrogen and oxygen atoms in total. The summed E-state index contributed by atoms with van der Waals surface area (Å²) >= 11 is 0. The molecule has 208 valence electrons. The number of fused-ring (bicyclic) bond motifs is 1. The van der Waals surface area contributed by atoms with Crippen molar-refractivity contribution in [3.8, 4) is 0 Å². The van der Waals surface area contributed by atoms with Gasteiger partial charge in [-0.3, -0.25) is 0 Å². The number of benzene rings is 2. The van der Waals surface area contributed by atoms with Gasteiger partial charge in [0.15, 0.2) is 6.29 Å². The summed E-state index contributed by atoms with van der Waals surface area (Å²) in [6, 6.07) is 11.3. The highest BCUT2D eigenvalue weighted by Gasteiger charge is 2.44. The van der Waals surface area contributed by atoms with Gasteiger partial charge in [-0.1, -0.05) is 44.0 Å². The van der Waals surface area contributed by atoms with E-state index < -0.39 is 78.2 Å². The van der Waals surface area contributed by atoms with Crippen molar-refractivity contribution >= 4 is 21.8 Å². The van der Waals surface area contributed by atoms with Crippen LogP contribution in [0, 0.1) is 11.8 Å². The lowest BCUT2D eigenvalue weighted by atomic mass is 10.0. The van der Waals surface area contributed by atoms with Gasteiger partial charge in [0.2, 0.25) is 10.0 Å². The number of carbonyl (C=O) groups is 1. The highest BCUT2D eigenvalue weighted by molar-refractivity contribution is 7.89. The summed E-state index contributed by atoms with van der Waals surface area (Å²) in [7, 11) is -5.19. The topological polar surface area (TPSA) is 140 Å². The fourth-order valence-electron chi connectivity index (χ4n) is 4.41. The third-order valence-electron chi connectivity index (χ3n) is 6.37. The second-order valence-electron chi connectivity index (χ2n) is 9.07. The highest BCUT2D eigenvalue weighted by atomic mass is 32.2. The average Bonchev–Trinajstić information content (AvgIpc) is 3.59. The Balaban J connectivity index is 1.73. The van der Waals surface area contributed by atoms with E-state index in [1.165, 1.54) is 12.1 Å². The molecule has 0 aromatic heterocycles. The molecule has 11 heteroatoms. The van der Waals surface area contributed by atoms with Crippen LogP contribution in [0.5, 0.6) is 0 Å². The van der Waals surface area contributed by atoms with Crippen molar-refractivity contribution in [3.63, 3.8) is 0 Å². The van der Waals surface area contributed by atoms with Crippen LogP contribution in [0.15, 0.2) is 59.5 Å². The number of nitrogen functional groups attached to an aromatic ring is 1. The minimum absolute atomic E-state index is 0.0539. The van der Waals surface area contributed by atoms with E-state index in [1.807, 2.05) is 0 Å². The molecule has 2 aliphatic heterocycles. The van der Waals surface area contributed by atoms with Crippen LogP contribution < -0.4 is 11.1 Å². The van der Waals surface area contributed by atoms with Crippen LogP contribution in [0.1, 0.15) is 38.0 Å². The number of carbonyl (C=O) groups excluding carboxylic acids is 1. The maximum atomic E-state index is 14.0. The average molecular weight is 557 g/mol. The molecule has 38 heavy (non-hydrogen) atoms. The van der Waals surface area contributed by atoms with Crippen molar-refractivity contribution in [1.29, 1.82) is 0 Å². The quantitative estimate of drug-likeness (QED) is 0.359. The highest BCUT2D eigenvalue weighted by Crippen LogP contribution is 2.33. The van der Waals surface area contributed by atoms with Gasteiger partial charge in [0.05, 0.1) is 36.2 Å². The van der Waals surface area contributed by atoms with Crippen LogP contribution in [0.25, 0.3) is 0 Å². The molecule has 4 N–H and O–H groups in total. The SMILES string of the molecule is [2H]C([2H])([2H])C([2H])(C([2H])([2H])[2H])C([2H])([2H])N(C[C@H](O)[C@@H](Cc1ccccc1)NC(=O)O[C@H]1CO[C@H]2OCC[C@H]21)S(=O)(=O)c1ccc(N)cc1. The molecular formula is C27H37N3O7S. The number of ether oxygens (including phenoxy) is 3. The van der Waals surface area contributed by atoms with Crippen LogP contribution in [-0.4, -0.2) is 74.7 Å². The number of hydrogen-bond donors (Lipinski definition) is 3. The molecule has 0 spiro atoms. The standard InChI is InChI=1S/C27H37N3O7S/c1-18(2)15-30(38(33,34)21-10-8-20(28)9-11-21)16-24(31)23(14-19-6-4-3-5-7-19)29-27(32)37-25-17-36-26-22(25)12-13-35-26/h3-11,18,22-26,31H,12-17,28H2,1-2H3,(H,29,32)/t22-,23+,24-,25-,26+/m0/s1/i1D3,2D3,15D2,18D. The lowest BCUT2D eigenvalue weighted by Crippen LogP contribution is -2.51. The summed E-state index contributed by atoms with van der Waals surface area (Å²) in [5, 5.41) is 14.0. The van der Waals surface area contributed by atoms with Crippen molar-refractivity contribution < 1.29 is 44.9 Å². The fraction of sp³-hybridized carbons (Fsp3) is 0.519. The molecule has 2 heterocycles. The van der Waals surface area contributed by atoms with Gasteiger partial charge in [-0.05, 0) is 48.6 Å². The number of rotatable bonds is 11. The van der Waals surface area contributed by atoms with E-state index in [4.69, 9.17) is 32.3 Å². The molecule has 5 atom stereocenters. The molecule has 0 unspecified atom stereocenters. The minimum atomic E-state index is -5.19. The molecule has 0 bridgehead atoms. The first kappa shape index (κ1) is 18.6. The molecule has 0 saturated carbocycles. The van der Waals surface area contributed by atoms with Gasteiger partial charge in [-0.15, -0.1) is 0 Å². The Morgan fingerprint density at radius 1 is 1.26 bits per heavy atom. The molecule has 0 radical (unpaired) electrons. The number of aliphatic hydroxyl groups excluding tert-OH is 1. The summed E-state index contributed by atoms with van der Waals surface area (Å²) in [6.07, 6.45) is -3.79. The second kappa shape index (κ2) is 12.4. The molecule has 0 aliphatic carbocycles. The first-order valence-electron chi connectivity index (χ1n) is 16.5. The van der Waals surface area contributed by atoms with E-state index in [0.29, 0.717) is 18.6 Å². The van der Waals surface area contributed by atoms with Crippen LogP contribution in [0.4, 0.5) is 10.5 Å². The smallest absolute Gasteiger partial charge is 0.407 e. The molecule has 1 amide bonds. The predicted octanol–water partition coefficient (Wildman–Crippen LogP) is 2.38. The third-order valence-corrected chi connectivity index (χ3v) is 8.06. The van der Waals surface area contributed by atoms with Gasteiger partial charge in [-0.2, -0.15) is 4.31 Å². The van der Waals surface area contributed by atoms with Gasteiger partial charge in [0.1, 0.15) is 6.10 Å². The summed E-state index contributed by atoms with van der Waals surface area (Å²) in [5.41, 5.74) is 6.36. The number of nitrogens with one attached hydrogen (secondary N) is 1. The van der Waals surface area contributed by atoms with Crippen molar-refractivity contribution in [2.45, 2.75) is 56.0 Å². The first-order valence-corrected chi connectivity index (χ1v) is 13.4. The predicted molar refractivity (Wildman–Crippen MR) is 142 cm³/mol. The molecule has 2 saturated heterocycles.